The molecule has 1 aromatic heterocycles. The molecule has 0 bridgehead atoms. The van der Waals surface area contributed by atoms with Crippen molar-refractivity contribution in [1.29, 1.82) is 5.26 Å². The zero-order chi connectivity index (χ0) is 11.6. The van der Waals surface area contributed by atoms with Crippen LogP contribution in [0.3, 0.4) is 0 Å². The van der Waals surface area contributed by atoms with E-state index in [-0.39, 0.29) is 6.61 Å². The third-order valence-electron chi connectivity index (χ3n) is 2.22. The summed E-state index contributed by atoms with van der Waals surface area (Å²) in [5, 5.41) is 28.1. The van der Waals surface area contributed by atoms with Crippen molar-refractivity contribution in [2.45, 2.75) is 25.7 Å². The summed E-state index contributed by atoms with van der Waals surface area (Å²) >= 11 is 0. The van der Waals surface area contributed by atoms with Gasteiger partial charge in [0.1, 0.15) is 6.07 Å². The molecule has 2 N–H and O–H groups in total. The van der Waals surface area contributed by atoms with Crippen molar-refractivity contribution in [3.8, 4) is 6.07 Å². The SMILES string of the molecule is N#Cc1ccnnc1NCCCCCCO. The zero-order valence-electron chi connectivity index (χ0n) is 9.19. The van der Waals surface area contributed by atoms with Gasteiger partial charge in [0, 0.05) is 13.2 Å². The van der Waals surface area contributed by atoms with E-state index in [1.165, 1.54) is 6.20 Å². The van der Waals surface area contributed by atoms with Gasteiger partial charge < -0.3 is 10.4 Å². The molecule has 5 heteroatoms. The Bertz CT molecular complexity index is 348. The lowest BCUT2D eigenvalue weighted by atomic mass is 10.2. The van der Waals surface area contributed by atoms with Crippen LogP contribution in [0.1, 0.15) is 31.2 Å². The fourth-order valence-corrected chi connectivity index (χ4v) is 1.35. The number of aromatic nitrogens is 2. The number of unbranched alkanes of at least 4 members (excludes halogenated alkanes) is 3. The zero-order valence-corrected chi connectivity index (χ0v) is 9.19. The van der Waals surface area contributed by atoms with Crippen LogP contribution in [0.25, 0.3) is 0 Å². The minimum absolute atomic E-state index is 0.260. The molecule has 0 saturated carbocycles. The average molecular weight is 220 g/mol. The number of aliphatic hydroxyl groups is 1. The van der Waals surface area contributed by atoms with Crippen LogP contribution in [-0.2, 0) is 0 Å². The summed E-state index contributed by atoms with van der Waals surface area (Å²) < 4.78 is 0. The summed E-state index contributed by atoms with van der Waals surface area (Å²) in [6.07, 6.45) is 5.46. The summed E-state index contributed by atoms with van der Waals surface area (Å²) in [7, 11) is 0. The van der Waals surface area contributed by atoms with Crippen LogP contribution >= 0.6 is 0 Å². The average Bonchev–Trinajstić information content (AvgIpc) is 2.34. The van der Waals surface area contributed by atoms with E-state index in [0.29, 0.717) is 11.4 Å². The molecule has 5 nitrogen and oxygen atoms in total. The first-order valence-electron chi connectivity index (χ1n) is 5.45. The van der Waals surface area contributed by atoms with Crippen LogP contribution in [-0.4, -0.2) is 28.5 Å². The monoisotopic (exact) mass is 220 g/mol. The molecule has 0 atom stereocenters. The number of hydrogen-bond donors (Lipinski definition) is 2. The maximum atomic E-state index is 8.81. The van der Waals surface area contributed by atoms with Crippen molar-refractivity contribution in [2.24, 2.45) is 0 Å². The maximum Gasteiger partial charge on any atom is 0.166 e. The van der Waals surface area contributed by atoms with E-state index in [0.717, 1.165) is 32.2 Å². The molecule has 0 aliphatic rings. The third kappa shape index (κ3) is 4.24. The van der Waals surface area contributed by atoms with Gasteiger partial charge in [-0.1, -0.05) is 12.8 Å². The Hall–Kier alpha value is -1.67. The minimum Gasteiger partial charge on any atom is -0.396 e. The summed E-state index contributed by atoms with van der Waals surface area (Å²) in [5.41, 5.74) is 0.519. The molecular formula is C11H16N4O. The molecule has 0 unspecified atom stereocenters. The number of hydrogen-bond acceptors (Lipinski definition) is 5. The van der Waals surface area contributed by atoms with Crippen LogP contribution in [0.5, 0.6) is 0 Å². The second-order valence-corrected chi connectivity index (χ2v) is 3.47. The first-order valence-corrected chi connectivity index (χ1v) is 5.45. The van der Waals surface area contributed by atoms with Crippen LogP contribution in [0, 0.1) is 11.3 Å². The molecule has 0 spiro atoms. The second-order valence-electron chi connectivity index (χ2n) is 3.47. The molecule has 1 aromatic rings. The van der Waals surface area contributed by atoms with E-state index in [2.05, 4.69) is 21.6 Å². The Morgan fingerprint density at radius 1 is 1.31 bits per heavy atom. The highest BCUT2D eigenvalue weighted by molar-refractivity contribution is 5.49. The van der Waals surface area contributed by atoms with Gasteiger partial charge in [0.05, 0.1) is 11.8 Å². The van der Waals surface area contributed by atoms with Gasteiger partial charge in [-0.2, -0.15) is 10.4 Å². The first kappa shape index (κ1) is 12.4. The van der Waals surface area contributed by atoms with Gasteiger partial charge >= 0.3 is 0 Å². The number of nitrogens with one attached hydrogen (secondary N) is 1. The number of rotatable bonds is 7. The molecule has 0 fully saturated rings. The van der Waals surface area contributed by atoms with Gasteiger partial charge in [0.15, 0.2) is 5.82 Å². The second kappa shape index (κ2) is 7.60. The van der Waals surface area contributed by atoms with E-state index in [1.54, 1.807) is 6.07 Å². The van der Waals surface area contributed by atoms with E-state index in [1.807, 2.05) is 0 Å². The van der Waals surface area contributed by atoms with Gasteiger partial charge in [0.2, 0.25) is 0 Å². The van der Waals surface area contributed by atoms with Crippen molar-refractivity contribution in [1.82, 2.24) is 10.2 Å². The Morgan fingerprint density at radius 3 is 2.88 bits per heavy atom. The summed E-state index contributed by atoms with van der Waals surface area (Å²) in [4.78, 5) is 0. The lowest BCUT2D eigenvalue weighted by molar-refractivity contribution is 0.283. The molecule has 1 heterocycles. The van der Waals surface area contributed by atoms with Crippen molar-refractivity contribution in [3.05, 3.63) is 17.8 Å². The Balaban J connectivity index is 2.24. The predicted molar refractivity (Wildman–Crippen MR) is 60.8 cm³/mol. The lowest BCUT2D eigenvalue weighted by Gasteiger charge is -2.05. The van der Waals surface area contributed by atoms with Gasteiger partial charge in [-0.05, 0) is 18.9 Å². The summed E-state index contributed by atoms with van der Waals surface area (Å²) in [6, 6.07) is 3.70. The van der Waals surface area contributed by atoms with Crippen LogP contribution < -0.4 is 5.32 Å². The van der Waals surface area contributed by atoms with Gasteiger partial charge in [0.25, 0.3) is 0 Å². The van der Waals surface area contributed by atoms with E-state index in [4.69, 9.17) is 10.4 Å². The normalized spacial score (nSPS) is 9.75. The number of nitriles is 1. The minimum atomic E-state index is 0.260. The lowest BCUT2D eigenvalue weighted by Crippen LogP contribution is -2.06. The summed E-state index contributed by atoms with van der Waals surface area (Å²) in [5.74, 6) is 0.548. The van der Waals surface area contributed by atoms with E-state index >= 15 is 0 Å². The molecule has 0 aliphatic heterocycles. The molecule has 16 heavy (non-hydrogen) atoms. The molecule has 86 valence electrons. The predicted octanol–water partition coefficient (Wildman–Crippen LogP) is 1.31. The third-order valence-corrected chi connectivity index (χ3v) is 2.22. The fourth-order valence-electron chi connectivity index (χ4n) is 1.35. The first-order chi connectivity index (χ1) is 7.88. The Morgan fingerprint density at radius 2 is 2.12 bits per heavy atom. The fraction of sp³-hybridized carbons (Fsp3) is 0.545. The number of aliphatic hydroxyl groups excluding tert-OH is 1. The van der Waals surface area contributed by atoms with Crippen LogP contribution in [0.15, 0.2) is 12.3 Å². The molecule has 0 saturated heterocycles. The highest BCUT2D eigenvalue weighted by Gasteiger charge is 2.01. The van der Waals surface area contributed by atoms with Crippen molar-refractivity contribution >= 4 is 5.82 Å². The highest BCUT2D eigenvalue weighted by atomic mass is 16.2. The van der Waals surface area contributed by atoms with E-state index in [9.17, 15) is 0 Å². The summed E-state index contributed by atoms with van der Waals surface area (Å²) in [6.45, 7) is 1.04. The van der Waals surface area contributed by atoms with Gasteiger partial charge in [-0.25, -0.2) is 0 Å². The number of anilines is 1. The van der Waals surface area contributed by atoms with Gasteiger partial charge in [-0.3, -0.25) is 0 Å². The van der Waals surface area contributed by atoms with Crippen molar-refractivity contribution in [3.63, 3.8) is 0 Å². The highest BCUT2D eigenvalue weighted by Crippen LogP contribution is 2.08. The molecule has 0 aromatic carbocycles. The van der Waals surface area contributed by atoms with Crippen LogP contribution in [0.2, 0.25) is 0 Å². The molecule has 0 amide bonds. The Kier molecular flexibility index (Phi) is 5.89. The molecule has 0 radical (unpaired) electrons. The molecule has 0 aliphatic carbocycles. The van der Waals surface area contributed by atoms with Gasteiger partial charge in [-0.15, -0.1) is 5.10 Å². The van der Waals surface area contributed by atoms with Crippen molar-refractivity contribution < 1.29 is 5.11 Å². The van der Waals surface area contributed by atoms with Crippen molar-refractivity contribution in [2.75, 3.05) is 18.5 Å². The quantitative estimate of drug-likeness (QED) is 0.677. The number of nitrogens with zero attached hydrogens (tertiary/aromatic N) is 3. The largest absolute Gasteiger partial charge is 0.396 e. The molecule has 1 rings (SSSR count). The molecular weight excluding hydrogens is 204 g/mol. The Labute approximate surface area is 95.1 Å². The maximum absolute atomic E-state index is 8.81. The van der Waals surface area contributed by atoms with E-state index < -0.39 is 0 Å². The topological polar surface area (TPSA) is 81.8 Å². The smallest absolute Gasteiger partial charge is 0.166 e. The van der Waals surface area contributed by atoms with Crippen LogP contribution in [0.4, 0.5) is 5.82 Å². The standard InChI is InChI=1S/C11H16N4O/c12-9-10-5-7-14-15-11(10)13-6-3-1-2-4-8-16/h5,7,16H,1-4,6,8H2,(H,13,15).